The van der Waals surface area contributed by atoms with Crippen molar-refractivity contribution < 1.29 is 18.8 Å². The van der Waals surface area contributed by atoms with Crippen LogP contribution < -0.4 is 10.8 Å². The highest BCUT2D eigenvalue weighted by Crippen LogP contribution is 2.48. The van der Waals surface area contributed by atoms with E-state index < -0.39 is 0 Å². The molecule has 180 valence electrons. The maximum absolute atomic E-state index is 12.0. The molecule has 34 heavy (non-hydrogen) atoms. The summed E-state index contributed by atoms with van der Waals surface area (Å²) in [5.41, 5.74) is 5.50. The monoisotopic (exact) mass is 573 g/mol. The summed E-state index contributed by atoms with van der Waals surface area (Å²) in [5.74, 6) is 0.254. The fraction of sp³-hybridized carbons (Fsp3) is 0.519. The first kappa shape index (κ1) is 24.1. The number of carbonyl (C=O) groups excluding carboxylic acids is 1. The maximum atomic E-state index is 12.0. The van der Waals surface area contributed by atoms with Gasteiger partial charge in [-0.05, 0) is 123 Å². The van der Waals surface area contributed by atoms with Crippen LogP contribution in [0.4, 0.5) is 5.69 Å². The first-order chi connectivity index (χ1) is 16.1. The largest absolute Gasteiger partial charge is 0.495 e. The summed E-state index contributed by atoms with van der Waals surface area (Å²) >= 11 is 2.45. The van der Waals surface area contributed by atoms with Crippen LogP contribution in [0.15, 0.2) is 36.4 Å². The number of esters is 1. The number of benzene rings is 2. The Bertz CT molecular complexity index is 1080. The zero-order valence-electron chi connectivity index (χ0n) is 20.6. The van der Waals surface area contributed by atoms with E-state index in [1.165, 1.54) is 20.3 Å². The van der Waals surface area contributed by atoms with E-state index in [9.17, 15) is 4.79 Å². The molecular formula is C27H33BINO4. The normalized spacial score (nSPS) is 26.3. The Morgan fingerprint density at radius 2 is 1.79 bits per heavy atom. The third kappa shape index (κ3) is 4.28. The SMILES string of the molecule is CCOC(=O)C1CC1c1ccc(N[C@@H]2CCc3c(B4OC(C)(C)C(C)(C)O4)ccc(I)c32)cc1. The van der Waals surface area contributed by atoms with Gasteiger partial charge in [0.2, 0.25) is 0 Å². The molecule has 1 aliphatic heterocycles. The van der Waals surface area contributed by atoms with Crippen LogP contribution in [0.5, 0.6) is 0 Å². The summed E-state index contributed by atoms with van der Waals surface area (Å²) in [6, 6.07) is 13.2. The fourth-order valence-corrected chi connectivity index (χ4v) is 6.06. The van der Waals surface area contributed by atoms with E-state index in [2.05, 4.69) is 92.0 Å². The second-order valence-corrected chi connectivity index (χ2v) is 11.8. The van der Waals surface area contributed by atoms with E-state index in [1.54, 1.807) is 0 Å². The number of ether oxygens (including phenoxy) is 1. The van der Waals surface area contributed by atoms with Gasteiger partial charge < -0.3 is 19.4 Å². The van der Waals surface area contributed by atoms with Gasteiger partial charge in [-0.25, -0.2) is 0 Å². The van der Waals surface area contributed by atoms with E-state index in [-0.39, 0.29) is 36.2 Å². The first-order valence-corrected chi connectivity index (χ1v) is 13.4. The van der Waals surface area contributed by atoms with Gasteiger partial charge in [-0.2, -0.15) is 0 Å². The van der Waals surface area contributed by atoms with Crippen molar-refractivity contribution in [3.63, 3.8) is 0 Å². The lowest BCUT2D eigenvalue weighted by Gasteiger charge is -2.32. The van der Waals surface area contributed by atoms with Crippen molar-refractivity contribution in [2.45, 2.75) is 77.0 Å². The highest BCUT2D eigenvalue weighted by molar-refractivity contribution is 14.1. The van der Waals surface area contributed by atoms with Gasteiger partial charge in [0.1, 0.15) is 0 Å². The molecule has 3 atom stereocenters. The molecule has 0 aromatic heterocycles. The van der Waals surface area contributed by atoms with Gasteiger partial charge in [-0.1, -0.05) is 18.2 Å². The Balaban J connectivity index is 1.31. The highest BCUT2D eigenvalue weighted by atomic mass is 127. The van der Waals surface area contributed by atoms with Gasteiger partial charge in [0, 0.05) is 9.26 Å². The molecule has 0 bridgehead atoms. The number of carbonyl (C=O) groups is 1. The molecule has 2 aromatic carbocycles. The predicted octanol–water partition coefficient (Wildman–Crippen LogP) is 5.36. The highest BCUT2D eigenvalue weighted by Gasteiger charge is 2.52. The van der Waals surface area contributed by atoms with Gasteiger partial charge in [0.25, 0.3) is 0 Å². The molecule has 0 spiro atoms. The fourth-order valence-electron chi connectivity index (χ4n) is 5.18. The van der Waals surface area contributed by atoms with E-state index in [1.807, 2.05) is 6.92 Å². The summed E-state index contributed by atoms with van der Waals surface area (Å²) < 4.78 is 19.2. The van der Waals surface area contributed by atoms with Crippen molar-refractivity contribution in [2.75, 3.05) is 11.9 Å². The summed E-state index contributed by atoms with van der Waals surface area (Å²) in [7, 11) is -0.334. The molecule has 0 radical (unpaired) electrons. The van der Waals surface area contributed by atoms with Crippen LogP contribution in [0.3, 0.4) is 0 Å². The molecule has 1 saturated heterocycles. The van der Waals surface area contributed by atoms with Gasteiger partial charge in [-0.3, -0.25) is 4.79 Å². The van der Waals surface area contributed by atoms with Crippen LogP contribution in [0.25, 0.3) is 0 Å². The van der Waals surface area contributed by atoms with Gasteiger partial charge in [0.05, 0.1) is 29.8 Å². The third-order valence-electron chi connectivity index (χ3n) is 7.94. The summed E-state index contributed by atoms with van der Waals surface area (Å²) in [4.78, 5) is 12.0. The smallest absolute Gasteiger partial charge is 0.466 e. The first-order valence-electron chi connectivity index (χ1n) is 12.3. The molecule has 0 amide bonds. The van der Waals surface area contributed by atoms with Crippen LogP contribution in [-0.4, -0.2) is 30.9 Å². The Labute approximate surface area is 216 Å². The lowest BCUT2D eigenvalue weighted by molar-refractivity contribution is -0.144. The second kappa shape index (κ2) is 8.82. The van der Waals surface area contributed by atoms with Gasteiger partial charge in [-0.15, -0.1) is 0 Å². The molecule has 5 nitrogen and oxygen atoms in total. The number of halogens is 1. The second-order valence-electron chi connectivity index (χ2n) is 10.7. The van der Waals surface area contributed by atoms with Crippen LogP contribution in [0, 0.1) is 9.49 Å². The topological polar surface area (TPSA) is 56.8 Å². The molecule has 3 aliphatic rings. The van der Waals surface area contributed by atoms with E-state index in [0.29, 0.717) is 12.5 Å². The molecule has 5 rings (SSSR count). The standard InChI is InChI=1S/C27H33BINO4/c1-6-32-25(31)20-15-19(20)16-7-9-17(10-8-16)30-23-14-11-18-21(12-13-22(29)24(18)23)28-33-26(2,3)27(4,5)34-28/h7-10,12-13,19-20,23,30H,6,11,14-15H2,1-5H3/t19?,20?,23-/m1/s1. The number of hydrogen-bond acceptors (Lipinski definition) is 5. The van der Waals surface area contributed by atoms with E-state index in [0.717, 1.165) is 30.4 Å². The van der Waals surface area contributed by atoms with Crippen molar-refractivity contribution in [2.24, 2.45) is 5.92 Å². The van der Waals surface area contributed by atoms with Crippen LogP contribution in [0.1, 0.15) is 76.1 Å². The Kier molecular flexibility index (Phi) is 6.26. The lowest BCUT2D eigenvalue weighted by atomic mass is 9.75. The van der Waals surface area contributed by atoms with Crippen molar-refractivity contribution in [3.05, 3.63) is 56.7 Å². The lowest BCUT2D eigenvalue weighted by Crippen LogP contribution is -2.41. The average molecular weight is 573 g/mol. The zero-order valence-corrected chi connectivity index (χ0v) is 22.8. The number of anilines is 1. The average Bonchev–Trinajstić information content (AvgIpc) is 3.41. The van der Waals surface area contributed by atoms with Crippen LogP contribution >= 0.6 is 22.6 Å². The Morgan fingerprint density at radius 3 is 2.44 bits per heavy atom. The minimum atomic E-state index is -0.348. The number of fused-ring (bicyclic) bond motifs is 1. The summed E-state index contributed by atoms with van der Waals surface area (Å²) in [6.45, 7) is 10.7. The molecule has 7 heteroatoms. The van der Waals surface area contributed by atoms with Crippen LogP contribution in [-0.2, 0) is 25.3 Å². The minimum absolute atomic E-state index is 0.0236. The Morgan fingerprint density at radius 1 is 1.12 bits per heavy atom. The zero-order chi connectivity index (χ0) is 24.3. The minimum Gasteiger partial charge on any atom is -0.466 e. The molecule has 1 heterocycles. The van der Waals surface area contributed by atoms with Crippen LogP contribution in [0.2, 0.25) is 0 Å². The number of rotatable bonds is 6. The molecule has 2 aliphatic carbocycles. The van der Waals surface area contributed by atoms with Crippen molar-refractivity contribution >= 4 is 46.8 Å². The summed E-state index contributed by atoms with van der Waals surface area (Å²) in [5, 5.41) is 3.75. The number of hydrogen-bond donors (Lipinski definition) is 1. The van der Waals surface area contributed by atoms with Gasteiger partial charge >= 0.3 is 13.1 Å². The maximum Gasteiger partial charge on any atom is 0.495 e. The molecule has 1 N–H and O–H groups in total. The molecule has 2 aromatic rings. The van der Waals surface area contributed by atoms with E-state index in [4.69, 9.17) is 14.0 Å². The van der Waals surface area contributed by atoms with E-state index >= 15 is 0 Å². The van der Waals surface area contributed by atoms with Crippen molar-refractivity contribution in [1.82, 2.24) is 0 Å². The summed E-state index contributed by atoms with van der Waals surface area (Å²) in [6.07, 6.45) is 2.93. The van der Waals surface area contributed by atoms with Crippen molar-refractivity contribution in [1.29, 1.82) is 0 Å². The third-order valence-corrected chi connectivity index (χ3v) is 8.88. The van der Waals surface area contributed by atoms with Crippen molar-refractivity contribution in [3.8, 4) is 0 Å². The number of nitrogens with one attached hydrogen (secondary N) is 1. The molecule has 1 saturated carbocycles. The quantitative estimate of drug-likeness (QED) is 0.287. The Hall–Kier alpha value is -1.58. The molecule has 2 unspecified atom stereocenters. The van der Waals surface area contributed by atoms with Gasteiger partial charge in [0.15, 0.2) is 0 Å². The molecule has 2 fully saturated rings. The predicted molar refractivity (Wildman–Crippen MR) is 143 cm³/mol. The molecular weight excluding hydrogens is 540 g/mol.